The van der Waals surface area contributed by atoms with E-state index >= 15 is 0 Å². The molecule has 29 heavy (non-hydrogen) atoms. The largest absolute Gasteiger partial charge is 0.490 e. The summed E-state index contributed by atoms with van der Waals surface area (Å²) in [6.07, 6.45) is 3.49. The Labute approximate surface area is 166 Å². The lowest BCUT2D eigenvalue weighted by Gasteiger charge is -2.25. The first-order chi connectivity index (χ1) is 14.0. The molecule has 0 aliphatic carbocycles. The highest BCUT2D eigenvalue weighted by atomic mass is 19.3. The Hall–Kier alpha value is -3.42. The van der Waals surface area contributed by atoms with Crippen molar-refractivity contribution in [1.29, 1.82) is 0 Å². The first kappa shape index (κ1) is 18.9. The van der Waals surface area contributed by atoms with Gasteiger partial charge >= 0.3 is 6.61 Å². The Morgan fingerprint density at radius 2 is 1.93 bits per heavy atom. The van der Waals surface area contributed by atoms with Crippen molar-refractivity contribution >= 4 is 11.6 Å². The Balaban J connectivity index is 1.76. The molecule has 1 N–H and O–H groups in total. The van der Waals surface area contributed by atoms with E-state index in [1.165, 1.54) is 18.0 Å². The number of hydrogen-bond acceptors (Lipinski definition) is 5. The predicted octanol–water partition coefficient (Wildman–Crippen LogP) is 4.64. The minimum atomic E-state index is -2.92. The van der Waals surface area contributed by atoms with Gasteiger partial charge in [-0.3, -0.25) is 0 Å². The number of allylic oxidation sites excluding steroid dienone is 1. The first-order valence-electron chi connectivity index (χ1n) is 9.22. The highest BCUT2D eigenvalue weighted by Crippen LogP contribution is 2.37. The van der Waals surface area contributed by atoms with Gasteiger partial charge in [0, 0.05) is 5.70 Å². The molecule has 2 aromatic carbocycles. The van der Waals surface area contributed by atoms with Gasteiger partial charge in [0.15, 0.2) is 11.5 Å². The summed E-state index contributed by atoms with van der Waals surface area (Å²) in [5.41, 5.74) is 3.88. The second kappa shape index (κ2) is 7.90. The molecule has 0 radical (unpaired) electrons. The maximum Gasteiger partial charge on any atom is 0.387 e. The van der Waals surface area contributed by atoms with Crippen molar-refractivity contribution in [2.75, 3.05) is 11.9 Å². The van der Waals surface area contributed by atoms with Gasteiger partial charge < -0.3 is 14.8 Å². The maximum atomic E-state index is 12.7. The SMILES string of the molecule is CCOc1cc([C@@H]2C=C(c3ccc(C)cc3)Nc3ncnn32)ccc1OC(F)F. The van der Waals surface area contributed by atoms with Crippen molar-refractivity contribution in [2.45, 2.75) is 26.5 Å². The van der Waals surface area contributed by atoms with Crippen molar-refractivity contribution in [2.24, 2.45) is 0 Å². The Morgan fingerprint density at radius 1 is 1.14 bits per heavy atom. The average Bonchev–Trinajstić information content (AvgIpc) is 3.18. The second-order valence-electron chi connectivity index (χ2n) is 6.56. The zero-order valence-corrected chi connectivity index (χ0v) is 16.0. The van der Waals surface area contributed by atoms with Crippen LogP contribution in [-0.2, 0) is 0 Å². The van der Waals surface area contributed by atoms with Gasteiger partial charge in [-0.15, -0.1) is 0 Å². The number of benzene rings is 2. The number of aryl methyl sites for hydroxylation is 1. The van der Waals surface area contributed by atoms with E-state index in [4.69, 9.17) is 4.74 Å². The Bertz CT molecular complexity index is 1030. The molecule has 0 unspecified atom stereocenters. The fraction of sp³-hybridized carbons (Fsp3) is 0.238. The smallest absolute Gasteiger partial charge is 0.387 e. The molecule has 0 amide bonds. The number of aromatic nitrogens is 3. The number of alkyl halides is 2. The van der Waals surface area contributed by atoms with Gasteiger partial charge in [0.05, 0.1) is 6.61 Å². The molecular formula is C21H20F2N4O2. The van der Waals surface area contributed by atoms with Crippen LogP contribution in [-0.4, -0.2) is 28.0 Å². The van der Waals surface area contributed by atoms with Gasteiger partial charge in [-0.05, 0) is 43.2 Å². The molecule has 8 heteroatoms. The summed E-state index contributed by atoms with van der Waals surface area (Å²) >= 11 is 0. The van der Waals surface area contributed by atoms with Crippen LogP contribution in [0.1, 0.15) is 29.7 Å². The molecule has 2 heterocycles. The number of halogens is 2. The van der Waals surface area contributed by atoms with Gasteiger partial charge in [0.25, 0.3) is 0 Å². The molecular weight excluding hydrogens is 378 g/mol. The lowest BCUT2D eigenvalue weighted by Crippen LogP contribution is -2.20. The lowest BCUT2D eigenvalue weighted by atomic mass is 10.0. The highest BCUT2D eigenvalue weighted by molar-refractivity contribution is 5.77. The van der Waals surface area contributed by atoms with E-state index in [0.717, 1.165) is 16.8 Å². The Kier molecular flexibility index (Phi) is 5.16. The molecule has 1 aromatic heterocycles. The molecule has 0 fully saturated rings. The summed E-state index contributed by atoms with van der Waals surface area (Å²) in [6, 6.07) is 12.8. The van der Waals surface area contributed by atoms with Crippen molar-refractivity contribution in [3.63, 3.8) is 0 Å². The third kappa shape index (κ3) is 3.91. The lowest BCUT2D eigenvalue weighted by molar-refractivity contribution is -0.0514. The van der Waals surface area contributed by atoms with Crippen molar-refractivity contribution in [3.05, 3.63) is 71.6 Å². The van der Waals surface area contributed by atoms with Gasteiger partial charge in [-0.2, -0.15) is 18.9 Å². The van der Waals surface area contributed by atoms with Crippen molar-refractivity contribution < 1.29 is 18.3 Å². The van der Waals surface area contributed by atoms with Crippen LogP contribution in [0.25, 0.3) is 5.70 Å². The molecule has 150 valence electrons. The van der Waals surface area contributed by atoms with E-state index in [1.807, 2.05) is 37.3 Å². The molecule has 0 saturated carbocycles. The summed E-state index contributed by atoms with van der Waals surface area (Å²) in [4.78, 5) is 4.29. The minimum Gasteiger partial charge on any atom is -0.490 e. The quantitative estimate of drug-likeness (QED) is 0.655. The fourth-order valence-electron chi connectivity index (χ4n) is 3.24. The van der Waals surface area contributed by atoms with Gasteiger partial charge in [-0.1, -0.05) is 35.9 Å². The second-order valence-corrected chi connectivity index (χ2v) is 6.56. The van der Waals surface area contributed by atoms with E-state index in [0.29, 0.717) is 12.6 Å². The highest BCUT2D eigenvalue weighted by Gasteiger charge is 2.25. The average molecular weight is 398 g/mol. The van der Waals surface area contributed by atoms with Crippen LogP contribution >= 0.6 is 0 Å². The molecule has 3 aromatic rings. The van der Waals surface area contributed by atoms with Gasteiger partial charge in [0.2, 0.25) is 5.95 Å². The monoisotopic (exact) mass is 398 g/mol. The van der Waals surface area contributed by atoms with Crippen LogP contribution in [0.5, 0.6) is 11.5 Å². The van der Waals surface area contributed by atoms with Crippen LogP contribution < -0.4 is 14.8 Å². The summed E-state index contributed by atoms with van der Waals surface area (Å²) < 4.78 is 37.2. The van der Waals surface area contributed by atoms with Gasteiger partial charge in [0.1, 0.15) is 12.4 Å². The zero-order valence-electron chi connectivity index (χ0n) is 16.0. The molecule has 1 atom stereocenters. The standard InChI is InChI=1S/C21H20F2N4O2/c1-3-28-19-10-15(8-9-18(19)29-20(22)23)17-11-16(14-6-4-13(2)5-7-14)26-21-24-12-25-27(17)21/h4-12,17,20H,3H2,1-2H3,(H,24,25,26)/t17-/m0/s1. The van der Waals surface area contributed by atoms with Crippen molar-refractivity contribution in [3.8, 4) is 11.5 Å². The third-order valence-corrected chi connectivity index (χ3v) is 4.60. The fourth-order valence-corrected chi connectivity index (χ4v) is 3.24. The normalized spacial score (nSPS) is 15.5. The topological polar surface area (TPSA) is 61.2 Å². The number of hydrogen-bond donors (Lipinski definition) is 1. The molecule has 0 saturated heterocycles. The van der Waals surface area contributed by atoms with Crippen LogP contribution in [0.2, 0.25) is 0 Å². The Morgan fingerprint density at radius 3 is 2.66 bits per heavy atom. The summed E-state index contributed by atoms with van der Waals surface area (Å²) in [5, 5.41) is 7.59. The molecule has 0 bridgehead atoms. The molecule has 4 rings (SSSR count). The summed E-state index contributed by atoms with van der Waals surface area (Å²) in [5.74, 6) is 0.857. The van der Waals surface area contributed by atoms with Crippen LogP contribution in [0.4, 0.5) is 14.7 Å². The predicted molar refractivity (Wildman–Crippen MR) is 105 cm³/mol. The molecule has 0 spiro atoms. The molecule has 1 aliphatic heterocycles. The number of nitrogens with zero attached hydrogens (tertiary/aromatic N) is 3. The van der Waals surface area contributed by atoms with Gasteiger partial charge in [-0.25, -0.2) is 4.68 Å². The first-order valence-corrected chi connectivity index (χ1v) is 9.22. The van der Waals surface area contributed by atoms with Crippen molar-refractivity contribution in [1.82, 2.24) is 14.8 Å². The van der Waals surface area contributed by atoms with E-state index in [1.54, 1.807) is 23.7 Å². The number of rotatable bonds is 6. The number of ether oxygens (including phenoxy) is 2. The number of anilines is 1. The van der Waals surface area contributed by atoms with Crippen LogP contribution in [0.15, 0.2) is 54.9 Å². The van der Waals surface area contributed by atoms with E-state index in [9.17, 15) is 8.78 Å². The van der Waals surface area contributed by atoms with Crippen LogP contribution in [0.3, 0.4) is 0 Å². The van der Waals surface area contributed by atoms with E-state index < -0.39 is 6.61 Å². The van der Waals surface area contributed by atoms with Crippen LogP contribution in [0, 0.1) is 6.92 Å². The molecule has 6 nitrogen and oxygen atoms in total. The van der Waals surface area contributed by atoms with E-state index in [-0.39, 0.29) is 17.5 Å². The zero-order chi connectivity index (χ0) is 20.4. The third-order valence-electron chi connectivity index (χ3n) is 4.60. The number of nitrogens with one attached hydrogen (secondary N) is 1. The molecule has 1 aliphatic rings. The summed E-state index contributed by atoms with van der Waals surface area (Å²) in [6.45, 7) is 1.22. The minimum absolute atomic E-state index is 0.00101. The maximum absolute atomic E-state index is 12.7. The number of fused-ring (bicyclic) bond motifs is 1. The van der Waals surface area contributed by atoms with E-state index in [2.05, 4.69) is 20.1 Å². The summed E-state index contributed by atoms with van der Waals surface area (Å²) in [7, 11) is 0.